The molecule has 13 heavy (non-hydrogen) atoms. The number of carbonyl (C=O) groups is 2. The van der Waals surface area contributed by atoms with E-state index in [1.165, 1.54) is 4.90 Å². The first-order valence-corrected chi connectivity index (χ1v) is 4.70. The van der Waals surface area contributed by atoms with Crippen molar-refractivity contribution < 1.29 is 9.59 Å². The highest BCUT2D eigenvalue weighted by Gasteiger charge is 2.24. The molecular formula is C7H13N3O2S. The summed E-state index contributed by atoms with van der Waals surface area (Å²) < 4.78 is 0. The highest BCUT2D eigenvalue weighted by atomic mass is 32.1. The van der Waals surface area contributed by atoms with E-state index in [-0.39, 0.29) is 18.4 Å². The van der Waals surface area contributed by atoms with Gasteiger partial charge in [-0.25, -0.2) is 0 Å². The molecule has 0 aromatic rings. The standard InChI is InChI=1S/C7H13N3O2S/c8-5(4-13)7(12)10-2-1-9-6(11)3-10/h5,13H,1-4,8H2,(H,9,11)/t5-/m0/s1. The van der Waals surface area contributed by atoms with Crippen LogP contribution in [0.5, 0.6) is 0 Å². The fourth-order valence-corrected chi connectivity index (χ4v) is 1.30. The molecule has 1 aliphatic rings. The zero-order chi connectivity index (χ0) is 9.84. The number of amides is 2. The lowest BCUT2D eigenvalue weighted by Crippen LogP contribution is -2.54. The molecule has 74 valence electrons. The molecule has 1 saturated heterocycles. The van der Waals surface area contributed by atoms with Crippen molar-refractivity contribution in [1.82, 2.24) is 10.2 Å². The highest BCUT2D eigenvalue weighted by molar-refractivity contribution is 7.80. The fourth-order valence-electron chi connectivity index (χ4n) is 1.14. The molecular weight excluding hydrogens is 190 g/mol. The molecule has 3 N–H and O–H groups in total. The largest absolute Gasteiger partial charge is 0.353 e. The number of piperazine rings is 1. The minimum atomic E-state index is -0.603. The average molecular weight is 203 g/mol. The number of carbonyl (C=O) groups excluding carboxylic acids is 2. The Balaban J connectivity index is 2.50. The van der Waals surface area contributed by atoms with E-state index in [0.717, 1.165) is 0 Å². The van der Waals surface area contributed by atoms with E-state index in [2.05, 4.69) is 17.9 Å². The van der Waals surface area contributed by atoms with Crippen LogP contribution in [0.2, 0.25) is 0 Å². The third kappa shape index (κ3) is 2.60. The smallest absolute Gasteiger partial charge is 0.240 e. The lowest BCUT2D eigenvalue weighted by Gasteiger charge is -2.28. The van der Waals surface area contributed by atoms with E-state index in [0.29, 0.717) is 18.8 Å². The van der Waals surface area contributed by atoms with Gasteiger partial charge in [0.25, 0.3) is 0 Å². The van der Waals surface area contributed by atoms with Crippen LogP contribution in [0.4, 0.5) is 0 Å². The molecule has 5 nitrogen and oxygen atoms in total. The van der Waals surface area contributed by atoms with Crippen LogP contribution in [0, 0.1) is 0 Å². The van der Waals surface area contributed by atoms with Crippen LogP contribution in [0.15, 0.2) is 0 Å². The van der Waals surface area contributed by atoms with Crippen molar-refractivity contribution in [2.45, 2.75) is 6.04 Å². The normalized spacial score (nSPS) is 19.5. The number of nitrogens with zero attached hydrogens (tertiary/aromatic N) is 1. The molecule has 2 amide bonds. The average Bonchev–Trinajstić information content (AvgIpc) is 2.15. The molecule has 0 aromatic heterocycles. The fraction of sp³-hybridized carbons (Fsp3) is 0.714. The van der Waals surface area contributed by atoms with Crippen molar-refractivity contribution in [3.8, 4) is 0 Å². The predicted molar refractivity (Wildman–Crippen MR) is 51.4 cm³/mol. The summed E-state index contributed by atoms with van der Waals surface area (Å²) in [6, 6.07) is -0.603. The van der Waals surface area contributed by atoms with E-state index in [1.807, 2.05) is 0 Å². The molecule has 0 unspecified atom stereocenters. The van der Waals surface area contributed by atoms with E-state index in [1.54, 1.807) is 0 Å². The number of nitrogens with two attached hydrogens (primary N) is 1. The maximum Gasteiger partial charge on any atom is 0.240 e. The molecule has 1 atom stereocenters. The number of rotatable bonds is 2. The van der Waals surface area contributed by atoms with Crippen LogP contribution < -0.4 is 11.1 Å². The van der Waals surface area contributed by atoms with Gasteiger partial charge < -0.3 is 16.0 Å². The van der Waals surface area contributed by atoms with Crippen molar-refractivity contribution in [2.24, 2.45) is 5.73 Å². The molecule has 0 saturated carbocycles. The lowest BCUT2D eigenvalue weighted by molar-refractivity contribution is -0.138. The summed E-state index contributed by atoms with van der Waals surface area (Å²) >= 11 is 3.92. The van der Waals surface area contributed by atoms with Gasteiger partial charge in [-0.05, 0) is 0 Å². The predicted octanol–water partition coefficient (Wildman–Crippen LogP) is -1.80. The van der Waals surface area contributed by atoms with Crippen LogP contribution in [0.25, 0.3) is 0 Å². The van der Waals surface area contributed by atoms with Gasteiger partial charge in [-0.1, -0.05) is 0 Å². The van der Waals surface area contributed by atoms with E-state index in [4.69, 9.17) is 5.73 Å². The van der Waals surface area contributed by atoms with Crippen LogP contribution in [-0.4, -0.2) is 48.1 Å². The molecule has 0 aromatic carbocycles. The number of thiol groups is 1. The molecule has 0 aliphatic carbocycles. The first-order valence-electron chi connectivity index (χ1n) is 4.07. The third-order valence-electron chi connectivity index (χ3n) is 1.86. The monoisotopic (exact) mass is 203 g/mol. The van der Waals surface area contributed by atoms with Crippen molar-refractivity contribution in [3.63, 3.8) is 0 Å². The Morgan fingerprint density at radius 3 is 3.00 bits per heavy atom. The minimum Gasteiger partial charge on any atom is -0.353 e. The summed E-state index contributed by atoms with van der Waals surface area (Å²) in [6.45, 7) is 1.15. The van der Waals surface area contributed by atoms with Gasteiger partial charge in [0.1, 0.15) is 0 Å². The van der Waals surface area contributed by atoms with E-state index in [9.17, 15) is 9.59 Å². The zero-order valence-corrected chi connectivity index (χ0v) is 8.09. The Bertz CT molecular complexity index is 222. The topological polar surface area (TPSA) is 75.4 Å². The molecule has 1 fully saturated rings. The lowest BCUT2D eigenvalue weighted by atomic mass is 10.2. The molecule has 0 bridgehead atoms. The minimum absolute atomic E-state index is 0.111. The molecule has 1 heterocycles. The SMILES string of the molecule is N[C@@H](CS)C(=O)N1CCNC(=O)C1. The van der Waals surface area contributed by atoms with E-state index < -0.39 is 6.04 Å². The van der Waals surface area contributed by atoms with E-state index >= 15 is 0 Å². The zero-order valence-electron chi connectivity index (χ0n) is 7.19. The van der Waals surface area contributed by atoms with Gasteiger partial charge in [0.05, 0.1) is 12.6 Å². The van der Waals surface area contributed by atoms with Crippen LogP contribution in [0.3, 0.4) is 0 Å². The molecule has 6 heteroatoms. The van der Waals surface area contributed by atoms with Gasteiger partial charge in [0.2, 0.25) is 11.8 Å². The number of nitrogens with one attached hydrogen (secondary N) is 1. The second-order valence-electron chi connectivity index (χ2n) is 2.90. The Morgan fingerprint density at radius 2 is 2.46 bits per heavy atom. The van der Waals surface area contributed by atoms with Crippen LogP contribution in [0.1, 0.15) is 0 Å². The first-order chi connectivity index (χ1) is 6.15. The molecule has 1 aliphatic heterocycles. The summed E-state index contributed by atoms with van der Waals surface area (Å²) in [5.74, 6) is -0.0347. The van der Waals surface area contributed by atoms with Crippen molar-refractivity contribution in [2.75, 3.05) is 25.4 Å². The van der Waals surface area contributed by atoms with Crippen LogP contribution >= 0.6 is 12.6 Å². The van der Waals surface area contributed by atoms with Gasteiger partial charge in [0, 0.05) is 18.8 Å². The van der Waals surface area contributed by atoms with Crippen molar-refractivity contribution in [1.29, 1.82) is 0 Å². The van der Waals surface area contributed by atoms with Gasteiger partial charge in [-0.2, -0.15) is 12.6 Å². The Morgan fingerprint density at radius 1 is 1.77 bits per heavy atom. The number of hydrogen-bond donors (Lipinski definition) is 3. The number of hydrogen-bond acceptors (Lipinski definition) is 4. The summed E-state index contributed by atoms with van der Waals surface area (Å²) in [6.07, 6.45) is 0. The summed E-state index contributed by atoms with van der Waals surface area (Å²) in [5.41, 5.74) is 5.49. The van der Waals surface area contributed by atoms with Crippen LogP contribution in [-0.2, 0) is 9.59 Å². The maximum atomic E-state index is 11.4. The molecule has 0 radical (unpaired) electrons. The quantitative estimate of drug-likeness (QED) is 0.464. The second kappa shape index (κ2) is 4.48. The van der Waals surface area contributed by atoms with Gasteiger partial charge in [-0.15, -0.1) is 0 Å². The van der Waals surface area contributed by atoms with Gasteiger partial charge >= 0.3 is 0 Å². The Hall–Kier alpha value is -0.750. The van der Waals surface area contributed by atoms with Crippen molar-refractivity contribution >= 4 is 24.4 Å². The molecule has 0 spiro atoms. The second-order valence-corrected chi connectivity index (χ2v) is 3.26. The molecule has 1 rings (SSSR count). The summed E-state index contributed by atoms with van der Waals surface area (Å²) in [4.78, 5) is 23.8. The van der Waals surface area contributed by atoms with Crippen molar-refractivity contribution in [3.05, 3.63) is 0 Å². The summed E-state index contributed by atoms with van der Waals surface area (Å²) in [7, 11) is 0. The first kappa shape index (κ1) is 10.3. The third-order valence-corrected chi connectivity index (χ3v) is 2.26. The highest BCUT2D eigenvalue weighted by Crippen LogP contribution is 1.98. The van der Waals surface area contributed by atoms with Gasteiger partial charge in [0.15, 0.2) is 0 Å². The van der Waals surface area contributed by atoms with Gasteiger partial charge in [-0.3, -0.25) is 9.59 Å². The summed E-state index contributed by atoms with van der Waals surface area (Å²) in [5, 5.41) is 2.63. The maximum absolute atomic E-state index is 11.4. The Kier molecular flexibility index (Phi) is 3.56. The Labute approximate surface area is 82.1 Å².